The van der Waals surface area contributed by atoms with Crippen molar-refractivity contribution in [2.45, 2.75) is 65.2 Å². The average molecular weight is 478 g/mol. The molecule has 1 amide bonds. The van der Waals surface area contributed by atoms with Crippen molar-refractivity contribution in [1.82, 2.24) is 19.9 Å². The van der Waals surface area contributed by atoms with Crippen LogP contribution in [0.15, 0.2) is 42.7 Å². The van der Waals surface area contributed by atoms with Gasteiger partial charge in [-0.2, -0.15) is 0 Å². The van der Waals surface area contributed by atoms with Crippen LogP contribution in [-0.2, 0) is 4.79 Å². The third kappa shape index (κ3) is 6.00. The zero-order valence-electron chi connectivity index (χ0n) is 20.5. The minimum absolute atomic E-state index is 0.174. The van der Waals surface area contributed by atoms with E-state index in [0.29, 0.717) is 11.8 Å². The lowest BCUT2D eigenvalue weighted by Crippen LogP contribution is -2.38. The zero-order valence-corrected chi connectivity index (χ0v) is 21.3. The van der Waals surface area contributed by atoms with Gasteiger partial charge in [0.15, 0.2) is 0 Å². The number of pyridine rings is 2. The van der Waals surface area contributed by atoms with E-state index in [1.54, 1.807) is 17.5 Å². The summed E-state index contributed by atoms with van der Waals surface area (Å²) in [6, 6.07) is 9.97. The van der Waals surface area contributed by atoms with Gasteiger partial charge in [-0.15, -0.1) is 11.3 Å². The number of rotatable bonds is 9. The van der Waals surface area contributed by atoms with Gasteiger partial charge in [0.25, 0.3) is 0 Å². The molecule has 0 radical (unpaired) electrons. The quantitative estimate of drug-likeness (QED) is 0.377. The van der Waals surface area contributed by atoms with Gasteiger partial charge in [0.2, 0.25) is 5.91 Å². The molecule has 1 fully saturated rings. The summed E-state index contributed by atoms with van der Waals surface area (Å²) in [5.41, 5.74) is 2.07. The number of hydrogen-bond donors (Lipinski definition) is 1. The van der Waals surface area contributed by atoms with E-state index >= 15 is 0 Å². The van der Waals surface area contributed by atoms with E-state index in [9.17, 15) is 4.79 Å². The first kappa shape index (κ1) is 24.3. The predicted octanol–water partition coefficient (Wildman–Crippen LogP) is 6.57. The van der Waals surface area contributed by atoms with Gasteiger partial charge in [-0.25, -0.2) is 15.0 Å². The lowest BCUT2D eigenvalue weighted by atomic mass is 9.81. The van der Waals surface area contributed by atoms with E-state index in [1.165, 1.54) is 5.01 Å². The van der Waals surface area contributed by atoms with Crippen LogP contribution in [0, 0.1) is 12.8 Å². The third-order valence-corrected chi connectivity index (χ3v) is 7.60. The summed E-state index contributed by atoms with van der Waals surface area (Å²) in [5.74, 6) is 2.53. The van der Waals surface area contributed by atoms with Crippen molar-refractivity contribution in [3.8, 4) is 10.6 Å². The Kier molecular flexibility index (Phi) is 8.27. The van der Waals surface area contributed by atoms with Crippen molar-refractivity contribution >= 4 is 28.9 Å². The first-order chi connectivity index (χ1) is 16.6. The van der Waals surface area contributed by atoms with Crippen LogP contribution >= 0.6 is 11.3 Å². The van der Waals surface area contributed by atoms with Crippen LogP contribution in [0.2, 0.25) is 0 Å². The molecule has 1 N–H and O–H groups in total. The number of nitrogens with zero attached hydrogens (tertiary/aromatic N) is 4. The minimum Gasteiger partial charge on any atom is -0.342 e. The van der Waals surface area contributed by atoms with E-state index < -0.39 is 0 Å². The van der Waals surface area contributed by atoms with Crippen molar-refractivity contribution in [3.63, 3.8) is 0 Å². The number of nitrogens with one attached hydrogen (secondary N) is 1. The number of anilines is 2. The number of aryl methyl sites for hydroxylation is 1. The predicted molar refractivity (Wildman–Crippen MR) is 139 cm³/mol. The second-order valence-corrected chi connectivity index (χ2v) is 10.3. The van der Waals surface area contributed by atoms with E-state index in [-0.39, 0.29) is 5.92 Å². The van der Waals surface area contributed by atoms with Crippen LogP contribution < -0.4 is 5.32 Å². The Hall–Kier alpha value is -2.80. The van der Waals surface area contributed by atoms with Crippen molar-refractivity contribution in [2.24, 2.45) is 5.92 Å². The molecule has 3 aromatic rings. The number of aromatic nitrogens is 3. The molecule has 3 heterocycles. The fraction of sp³-hybridized carbons (Fsp3) is 0.481. The van der Waals surface area contributed by atoms with Gasteiger partial charge in [-0.3, -0.25) is 4.79 Å². The average Bonchev–Trinajstić information content (AvgIpc) is 3.34. The molecule has 6 nitrogen and oxygen atoms in total. The highest BCUT2D eigenvalue weighted by molar-refractivity contribution is 7.15. The van der Waals surface area contributed by atoms with E-state index in [1.807, 2.05) is 43.5 Å². The smallest absolute Gasteiger partial charge is 0.225 e. The molecule has 34 heavy (non-hydrogen) atoms. The Balaban J connectivity index is 1.38. The molecule has 1 aliphatic rings. The fourth-order valence-corrected chi connectivity index (χ4v) is 5.75. The van der Waals surface area contributed by atoms with E-state index in [0.717, 1.165) is 79.4 Å². The molecular weight excluding hydrogens is 442 g/mol. The highest BCUT2D eigenvalue weighted by Gasteiger charge is 2.30. The Morgan fingerprint density at radius 2 is 1.82 bits per heavy atom. The molecule has 1 saturated carbocycles. The summed E-state index contributed by atoms with van der Waals surface area (Å²) in [7, 11) is 0. The van der Waals surface area contributed by atoms with Crippen LogP contribution in [0.4, 0.5) is 11.6 Å². The van der Waals surface area contributed by atoms with Crippen LogP contribution in [0.3, 0.4) is 0 Å². The first-order valence-electron chi connectivity index (χ1n) is 12.5. The molecule has 0 bridgehead atoms. The maximum absolute atomic E-state index is 13.0. The SMILES string of the molecule is CCCN(CCC)C(=O)C1CCC(c2ncc(-c3cccc(Nc4cc(C)ccn4)n3)s2)CC1. The first-order valence-corrected chi connectivity index (χ1v) is 13.3. The van der Waals surface area contributed by atoms with Gasteiger partial charge in [-0.1, -0.05) is 19.9 Å². The van der Waals surface area contributed by atoms with Gasteiger partial charge < -0.3 is 10.2 Å². The summed E-state index contributed by atoms with van der Waals surface area (Å²) < 4.78 is 0. The molecule has 0 atom stereocenters. The highest BCUT2D eigenvalue weighted by atomic mass is 32.1. The summed E-state index contributed by atoms with van der Waals surface area (Å²) >= 11 is 1.73. The largest absolute Gasteiger partial charge is 0.342 e. The molecule has 0 saturated heterocycles. The maximum atomic E-state index is 13.0. The Morgan fingerprint density at radius 1 is 1.06 bits per heavy atom. The molecule has 3 aromatic heterocycles. The van der Waals surface area contributed by atoms with Crippen molar-refractivity contribution in [2.75, 3.05) is 18.4 Å². The number of thiazole rings is 1. The number of amides is 1. The molecule has 7 heteroatoms. The van der Waals surface area contributed by atoms with Gasteiger partial charge in [-0.05, 0) is 75.3 Å². The summed E-state index contributed by atoms with van der Waals surface area (Å²) in [6.07, 6.45) is 9.77. The molecular formula is C27H35N5OS. The number of carbonyl (C=O) groups excluding carboxylic acids is 1. The number of carbonyl (C=O) groups is 1. The summed E-state index contributed by atoms with van der Waals surface area (Å²) in [5, 5.41) is 4.46. The molecule has 0 unspecified atom stereocenters. The minimum atomic E-state index is 0.174. The second-order valence-electron chi connectivity index (χ2n) is 9.19. The van der Waals surface area contributed by atoms with Crippen LogP contribution in [0.25, 0.3) is 10.6 Å². The van der Waals surface area contributed by atoms with Crippen LogP contribution in [-0.4, -0.2) is 38.8 Å². The topological polar surface area (TPSA) is 71.0 Å². The van der Waals surface area contributed by atoms with Gasteiger partial charge in [0.1, 0.15) is 11.6 Å². The fourth-order valence-electron chi connectivity index (χ4n) is 4.69. The molecule has 0 aromatic carbocycles. The molecule has 0 spiro atoms. The lowest BCUT2D eigenvalue weighted by Gasteiger charge is -2.31. The third-order valence-electron chi connectivity index (χ3n) is 6.42. The molecule has 1 aliphatic carbocycles. The van der Waals surface area contributed by atoms with Crippen molar-refractivity contribution in [1.29, 1.82) is 0 Å². The van der Waals surface area contributed by atoms with Crippen molar-refractivity contribution < 1.29 is 4.79 Å². The molecule has 180 valence electrons. The van der Waals surface area contributed by atoms with Gasteiger partial charge in [0.05, 0.1) is 15.6 Å². The monoisotopic (exact) mass is 477 g/mol. The summed E-state index contributed by atoms with van der Waals surface area (Å²) in [6.45, 7) is 8.10. The van der Waals surface area contributed by atoms with Crippen LogP contribution in [0.1, 0.15) is 68.9 Å². The van der Waals surface area contributed by atoms with E-state index in [4.69, 9.17) is 9.97 Å². The molecule has 4 rings (SSSR count). The lowest BCUT2D eigenvalue weighted by molar-refractivity contribution is -0.136. The van der Waals surface area contributed by atoms with Gasteiger partial charge in [0, 0.05) is 37.3 Å². The van der Waals surface area contributed by atoms with Gasteiger partial charge >= 0.3 is 0 Å². The normalized spacial score (nSPS) is 18.0. The second kappa shape index (κ2) is 11.6. The van der Waals surface area contributed by atoms with E-state index in [2.05, 4.69) is 29.0 Å². The standard InChI is InChI=1S/C27H35N5OS/c1-4-15-32(16-5-2)27(33)21-11-9-20(10-12-21)26-29-18-23(34-26)22-7-6-8-24(30-22)31-25-17-19(3)13-14-28-25/h6-8,13-14,17-18,20-21H,4-5,9-12,15-16H2,1-3H3,(H,28,30,31). The highest BCUT2D eigenvalue weighted by Crippen LogP contribution is 2.39. The Morgan fingerprint density at radius 3 is 2.53 bits per heavy atom. The zero-order chi connectivity index (χ0) is 23.9. The Labute approximate surface area is 206 Å². The van der Waals surface area contributed by atoms with Crippen molar-refractivity contribution in [3.05, 3.63) is 53.3 Å². The maximum Gasteiger partial charge on any atom is 0.225 e. The summed E-state index contributed by atoms with van der Waals surface area (Å²) in [4.78, 5) is 30.0. The molecule has 0 aliphatic heterocycles. The number of hydrogen-bond acceptors (Lipinski definition) is 6. The van der Waals surface area contributed by atoms with Crippen LogP contribution in [0.5, 0.6) is 0 Å². The Bertz CT molecular complexity index is 1080.